The quantitative estimate of drug-likeness (QED) is 0.626. The van der Waals surface area contributed by atoms with Crippen molar-refractivity contribution < 1.29 is 12.8 Å². The molecule has 0 spiro atoms. The van der Waals surface area contributed by atoms with E-state index in [1.165, 1.54) is 12.1 Å². The van der Waals surface area contributed by atoms with E-state index in [4.69, 9.17) is 5.84 Å². The summed E-state index contributed by atoms with van der Waals surface area (Å²) < 4.78 is 36.0. The zero-order valence-corrected chi connectivity index (χ0v) is 11.7. The van der Waals surface area contributed by atoms with Crippen molar-refractivity contribution in [3.05, 3.63) is 34.1 Å². The lowest BCUT2D eigenvalue weighted by atomic mass is 10.1. The molecule has 0 bridgehead atoms. The van der Waals surface area contributed by atoms with Gasteiger partial charge in [0.15, 0.2) is 0 Å². The molecule has 0 aliphatic rings. The number of hydrazine groups is 1. The van der Waals surface area contributed by atoms with Gasteiger partial charge in [0.05, 0.1) is 5.75 Å². The average molecular weight is 325 g/mol. The molecule has 0 saturated carbocycles. The first-order chi connectivity index (χ1) is 7.80. The molecule has 1 aromatic rings. The van der Waals surface area contributed by atoms with Crippen LogP contribution in [0.3, 0.4) is 0 Å². The molecular weight excluding hydrogens is 311 g/mol. The highest BCUT2D eigenvalue weighted by Gasteiger charge is 2.15. The summed E-state index contributed by atoms with van der Waals surface area (Å²) >= 11 is 3.18. The van der Waals surface area contributed by atoms with Gasteiger partial charge >= 0.3 is 0 Å². The van der Waals surface area contributed by atoms with Crippen LogP contribution in [0, 0.1) is 5.82 Å². The Labute approximate surface area is 108 Å². The van der Waals surface area contributed by atoms with Gasteiger partial charge in [0.1, 0.15) is 15.7 Å². The molecule has 17 heavy (non-hydrogen) atoms. The lowest BCUT2D eigenvalue weighted by Crippen LogP contribution is -2.41. The van der Waals surface area contributed by atoms with Gasteiger partial charge in [0, 0.05) is 16.8 Å². The molecule has 1 unspecified atom stereocenters. The highest BCUT2D eigenvalue weighted by molar-refractivity contribution is 9.10. The standard InChI is InChI=1S/C10H14BrFN2O2S/c1-17(15,16)6-10(14-13)4-7-2-8(11)5-9(12)3-7/h2-3,5,10,14H,4,6,13H2,1H3. The number of rotatable bonds is 5. The van der Waals surface area contributed by atoms with Gasteiger partial charge in [-0.15, -0.1) is 0 Å². The Hall–Kier alpha value is -0.500. The summed E-state index contributed by atoms with van der Waals surface area (Å²) in [6.45, 7) is 0. The number of nitrogens with one attached hydrogen (secondary N) is 1. The van der Waals surface area contributed by atoms with Crippen molar-refractivity contribution in [3.8, 4) is 0 Å². The minimum Gasteiger partial charge on any atom is -0.271 e. The monoisotopic (exact) mass is 324 g/mol. The highest BCUT2D eigenvalue weighted by Crippen LogP contribution is 2.16. The predicted molar refractivity (Wildman–Crippen MR) is 68.6 cm³/mol. The maximum Gasteiger partial charge on any atom is 0.149 e. The van der Waals surface area contributed by atoms with Crippen molar-refractivity contribution in [3.63, 3.8) is 0 Å². The van der Waals surface area contributed by atoms with Crippen LogP contribution < -0.4 is 11.3 Å². The van der Waals surface area contributed by atoms with Crippen molar-refractivity contribution >= 4 is 25.8 Å². The Bertz CT molecular complexity index is 473. The number of benzene rings is 1. The maximum atomic E-state index is 13.1. The van der Waals surface area contributed by atoms with E-state index in [2.05, 4.69) is 21.4 Å². The zero-order valence-electron chi connectivity index (χ0n) is 9.28. The molecule has 1 atom stereocenters. The van der Waals surface area contributed by atoms with Gasteiger partial charge < -0.3 is 0 Å². The number of hydrogen-bond donors (Lipinski definition) is 2. The minimum atomic E-state index is -3.12. The van der Waals surface area contributed by atoms with Crippen LogP contribution in [0.15, 0.2) is 22.7 Å². The van der Waals surface area contributed by atoms with E-state index in [-0.39, 0.29) is 11.6 Å². The normalized spacial score (nSPS) is 13.6. The third kappa shape index (κ3) is 5.58. The first-order valence-corrected chi connectivity index (χ1v) is 7.74. The first-order valence-electron chi connectivity index (χ1n) is 4.89. The number of hydrogen-bond acceptors (Lipinski definition) is 4. The van der Waals surface area contributed by atoms with Gasteiger partial charge in [-0.2, -0.15) is 0 Å². The Morgan fingerprint density at radius 1 is 1.47 bits per heavy atom. The number of nitrogens with two attached hydrogens (primary N) is 1. The van der Waals surface area contributed by atoms with E-state index in [0.29, 0.717) is 16.5 Å². The van der Waals surface area contributed by atoms with Gasteiger partial charge in [0.25, 0.3) is 0 Å². The fourth-order valence-electron chi connectivity index (χ4n) is 1.54. The summed E-state index contributed by atoms with van der Waals surface area (Å²) in [5, 5.41) is 0. The fraction of sp³-hybridized carbons (Fsp3) is 0.400. The molecule has 4 nitrogen and oxygen atoms in total. The van der Waals surface area contributed by atoms with E-state index in [0.717, 1.165) is 6.26 Å². The number of halogens is 2. The molecule has 0 aromatic heterocycles. The molecule has 0 aliphatic carbocycles. The van der Waals surface area contributed by atoms with Crippen LogP contribution in [-0.2, 0) is 16.3 Å². The van der Waals surface area contributed by atoms with Gasteiger partial charge in [0.2, 0.25) is 0 Å². The van der Waals surface area contributed by atoms with E-state index < -0.39 is 15.9 Å². The second kappa shape index (κ2) is 5.90. The molecule has 0 aliphatic heterocycles. The van der Waals surface area contributed by atoms with Gasteiger partial charge in [-0.05, 0) is 30.2 Å². The Morgan fingerprint density at radius 3 is 2.59 bits per heavy atom. The molecule has 96 valence electrons. The molecule has 0 heterocycles. The Morgan fingerprint density at radius 2 is 2.12 bits per heavy atom. The third-order valence-electron chi connectivity index (χ3n) is 2.14. The van der Waals surface area contributed by atoms with Crippen molar-refractivity contribution in [2.75, 3.05) is 12.0 Å². The number of sulfone groups is 1. The third-order valence-corrected chi connectivity index (χ3v) is 3.61. The molecule has 3 N–H and O–H groups in total. The van der Waals surface area contributed by atoms with Gasteiger partial charge in [-0.1, -0.05) is 15.9 Å². The largest absolute Gasteiger partial charge is 0.271 e. The van der Waals surface area contributed by atoms with E-state index in [1.54, 1.807) is 6.07 Å². The molecule has 0 fully saturated rings. The Balaban J connectivity index is 2.80. The smallest absolute Gasteiger partial charge is 0.149 e. The molecule has 0 radical (unpaired) electrons. The zero-order chi connectivity index (χ0) is 13.1. The van der Waals surface area contributed by atoms with Crippen LogP contribution in [0.25, 0.3) is 0 Å². The molecule has 7 heteroatoms. The maximum absolute atomic E-state index is 13.1. The highest BCUT2D eigenvalue weighted by atomic mass is 79.9. The summed E-state index contributed by atoms with van der Waals surface area (Å²) in [4.78, 5) is 0. The predicted octanol–water partition coefficient (Wildman–Crippen LogP) is 1.01. The second-order valence-corrected chi connectivity index (χ2v) is 7.04. The second-order valence-electron chi connectivity index (χ2n) is 3.94. The summed E-state index contributed by atoms with van der Waals surface area (Å²) in [5.41, 5.74) is 3.11. The Kier molecular flexibility index (Phi) is 5.05. The summed E-state index contributed by atoms with van der Waals surface area (Å²) in [7, 11) is -3.12. The minimum absolute atomic E-state index is 0.0857. The molecule has 0 saturated heterocycles. The van der Waals surface area contributed by atoms with Crippen LogP contribution in [0.1, 0.15) is 5.56 Å². The van der Waals surface area contributed by atoms with Crippen molar-refractivity contribution in [2.45, 2.75) is 12.5 Å². The van der Waals surface area contributed by atoms with Crippen LogP contribution >= 0.6 is 15.9 Å². The fourth-order valence-corrected chi connectivity index (χ4v) is 3.00. The van der Waals surface area contributed by atoms with Crippen molar-refractivity contribution in [1.29, 1.82) is 0 Å². The molecule has 1 rings (SSSR count). The topological polar surface area (TPSA) is 72.2 Å². The molecule has 0 amide bonds. The SMILES string of the molecule is CS(=O)(=O)CC(Cc1cc(F)cc(Br)c1)NN. The van der Waals surface area contributed by atoms with Crippen LogP contribution in [0.4, 0.5) is 4.39 Å². The van der Waals surface area contributed by atoms with Gasteiger partial charge in [-0.3, -0.25) is 11.3 Å². The van der Waals surface area contributed by atoms with Crippen molar-refractivity contribution in [2.24, 2.45) is 5.84 Å². The van der Waals surface area contributed by atoms with Crippen LogP contribution in [0.5, 0.6) is 0 Å². The summed E-state index contributed by atoms with van der Waals surface area (Å²) in [5.74, 6) is 4.83. The summed E-state index contributed by atoms with van der Waals surface area (Å²) in [6.07, 6.45) is 1.48. The molecular formula is C10H14BrFN2O2S. The van der Waals surface area contributed by atoms with Gasteiger partial charge in [-0.25, -0.2) is 12.8 Å². The van der Waals surface area contributed by atoms with Crippen molar-refractivity contribution in [1.82, 2.24) is 5.43 Å². The summed E-state index contributed by atoms with van der Waals surface area (Å²) in [6, 6.07) is 4.00. The van der Waals surface area contributed by atoms with E-state index >= 15 is 0 Å². The lowest BCUT2D eigenvalue weighted by molar-refractivity contribution is 0.544. The average Bonchev–Trinajstić information content (AvgIpc) is 2.12. The van der Waals surface area contributed by atoms with Crippen LogP contribution in [-0.4, -0.2) is 26.5 Å². The molecule has 1 aromatic carbocycles. The first kappa shape index (κ1) is 14.6. The lowest BCUT2D eigenvalue weighted by Gasteiger charge is -2.14. The van der Waals surface area contributed by atoms with E-state index in [1.807, 2.05) is 0 Å². The van der Waals surface area contributed by atoms with E-state index in [9.17, 15) is 12.8 Å². The van der Waals surface area contributed by atoms with Crippen LogP contribution in [0.2, 0.25) is 0 Å².